The Morgan fingerprint density at radius 3 is 2.85 bits per heavy atom. The Bertz CT molecular complexity index is 312. The molecule has 3 nitrogen and oxygen atoms in total. The highest BCUT2D eigenvalue weighted by Gasteiger charge is 2.29. The van der Waals surface area contributed by atoms with Crippen molar-refractivity contribution in [1.82, 2.24) is 0 Å². The Morgan fingerprint density at radius 2 is 2.23 bits per heavy atom. The monoisotopic (exact) mass is 178 g/mol. The summed E-state index contributed by atoms with van der Waals surface area (Å²) < 4.78 is 0. The first-order chi connectivity index (χ1) is 6.20. The van der Waals surface area contributed by atoms with Crippen LogP contribution in [0.25, 0.3) is 0 Å². The van der Waals surface area contributed by atoms with Crippen molar-refractivity contribution in [1.29, 1.82) is 0 Å². The van der Waals surface area contributed by atoms with Crippen LogP contribution < -0.4 is 10.9 Å². The molecule has 0 bridgehead atoms. The highest BCUT2D eigenvalue weighted by molar-refractivity contribution is 5.58. The van der Waals surface area contributed by atoms with Gasteiger partial charge in [0.2, 0.25) is 0 Å². The number of benzene rings is 1. The van der Waals surface area contributed by atoms with E-state index in [1.165, 1.54) is 5.56 Å². The Hall–Kier alpha value is -1.06. The van der Waals surface area contributed by atoms with E-state index in [-0.39, 0.29) is 6.04 Å². The first-order valence-electron chi connectivity index (χ1n) is 4.50. The molecule has 1 aromatic carbocycles. The SMILES string of the molecule is C[C@@H](O)C1Cc2ccccc2N1N. The fourth-order valence-electron chi connectivity index (χ4n) is 1.84. The molecule has 1 aromatic rings. The van der Waals surface area contributed by atoms with Crippen LogP contribution in [0.1, 0.15) is 12.5 Å². The summed E-state index contributed by atoms with van der Waals surface area (Å²) in [7, 11) is 0. The van der Waals surface area contributed by atoms with E-state index in [1.54, 1.807) is 11.9 Å². The minimum atomic E-state index is -0.391. The number of nitrogens with zero attached hydrogens (tertiary/aromatic N) is 1. The zero-order valence-electron chi connectivity index (χ0n) is 7.64. The molecule has 2 rings (SSSR count). The second kappa shape index (κ2) is 3.01. The van der Waals surface area contributed by atoms with Gasteiger partial charge in [-0.05, 0) is 25.0 Å². The van der Waals surface area contributed by atoms with Gasteiger partial charge >= 0.3 is 0 Å². The van der Waals surface area contributed by atoms with Crippen LogP contribution >= 0.6 is 0 Å². The second-order valence-electron chi connectivity index (χ2n) is 3.55. The van der Waals surface area contributed by atoms with Crippen LogP contribution in [0.5, 0.6) is 0 Å². The van der Waals surface area contributed by atoms with Crippen LogP contribution in [0.15, 0.2) is 24.3 Å². The molecule has 0 radical (unpaired) electrons. The Labute approximate surface area is 77.7 Å². The van der Waals surface area contributed by atoms with Gasteiger partial charge in [0.15, 0.2) is 0 Å². The predicted molar refractivity (Wildman–Crippen MR) is 52.3 cm³/mol. The number of hydrogen-bond donors (Lipinski definition) is 2. The zero-order chi connectivity index (χ0) is 9.42. The maximum atomic E-state index is 9.47. The van der Waals surface area contributed by atoms with Crippen molar-refractivity contribution >= 4 is 5.69 Å². The number of para-hydroxylation sites is 1. The number of fused-ring (bicyclic) bond motifs is 1. The molecule has 3 N–H and O–H groups in total. The van der Waals surface area contributed by atoms with E-state index >= 15 is 0 Å². The van der Waals surface area contributed by atoms with Gasteiger partial charge in [0, 0.05) is 0 Å². The Morgan fingerprint density at radius 1 is 1.54 bits per heavy atom. The van der Waals surface area contributed by atoms with E-state index in [0.717, 1.165) is 12.1 Å². The lowest BCUT2D eigenvalue weighted by molar-refractivity contribution is 0.162. The maximum Gasteiger partial charge on any atom is 0.0750 e. The molecule has 0 saturated carbocycles. The summed E-state index contributed by atoms with van der Waals surface area (Å²) >= 11 is 0. The summed E-state index contributed by atoms with van der Waals surface area (Å²) in [6.45, 7) is 1.77. The first-order valence-corrected chi connectivity index (χ1v) is 4.50. The third kappa shape index (κ3) is 1.30. The summed E-state index contributed by atoms with van der Waals surface area (Å²) in [6, 6.07) is 8.02. The molecule has 0 aromatic heterocycles. The standard InChI is InChI=1S/C10H14N2O/c1-7(13)10-6-8-4-2-3-5-9(8)12(10)11/h2-5,7,10,13H,6,11H2,1H3/t7-,10?/m1/s1. The first kappa shape index (κ1) is 8.53. The van der Waals surface area contributed by atoms with E-state index < -0.39 is 6.10 Å². The van der Waals surface area contributed by atoms with Gasteiger partial charge in [-0.1, -0.05) is 18.2 Å². The van der Waals surface area contributed by atoms with Gasteiger partial charge in [-0.2, -0.15) is 0 Å². The van der Waals surface area contributed by atoms with Gasteiger partial charge in [-0.25, -0.2) is 5.84 Å². The fraction of sp³-hybridized carbons (Fsp3) is 0.400. The van der Waals surface area contributed by atoms with E-state index in [2.05, 4.69) is 6.07 Å². The van der Waals surface area contributed by atoms with E-state index in [0.29, 0.717) is 0 Å². The van der Waals surface area contributed by atoms with Gasteiger partial charge < -0.3 is 10.1 Å². The zero-order valence-corrected chi connectivity index (χ0v) is 7.64. The molecular formula is C10H14N2O. The molecule has 0 amide bonds. The molecule has 70 valence electrons. The molecule has 1 unspecified atom stereocenters. The highest BCUT2D eigenvalue weighted by Crippen LogP contribution is 2.30. The van der Waals surface area contributed by atoms with Crippen molar-refractivity contribution in [3.05, 3.63) is 29.8 Å². The number of nitrogens with two attached hydrogens (primary N) is 1. The number of aliphatic hydroxyl groups excluding tert-OH is 1. The predicted octanol–water partition coefficient (Wildman–Crippen LogP) is 0.672. The number of aliphatic hydroxyl groups is 1. The molecule has 2 atom stereocenters. The van der Waals surface area contributed by atoms with Gasteiger partial charge in [0.05, 0.1) is 17.8 Å². The average molecular weight is 178 g/mol. The Balaban J connectivity index is 2.32. The average Bonchev–Trinajstić information content (AvgIpc) is 2.45. The minimum absolute atomic E-state index is 0.0254. The third-order valence-electron chi connectivity index (χ3n) is 2.61. The minimum Gasteiger partial charge on any atom is -0.391 e. The summed E-state index contributed by atoms with van der Waals surface area (Å²) in [4.78, 5) is 0. The van der Waals surface area contributed by atoms with Crippen LogP contribution in [-0.2, 0) is 6.42 Å². The van der Waals surface area contributed by atoms with Crippen molar-refractivity contribution in [2.24, 2.45) is 5.84 Å². The molecule has 1 heterocycles. The number of hydrogen-bond acceptors (Lipinski definition) is 3. The Kier molecular flexibility index (Phi) is 1.98. The quantitative estimate of drug-likeness (QED) is 0.621. The van der Waals surface area contributed by atoms with Crippen molar-refractivity contribution < 1.29 is 5.11 Å². The van der Waals surface area contributed by atoms with E-state index in [9.17, 15) is 5.11 Å². The fourth-order valence-corrected chi connectivity index (χ4v) is 1.84. The van der Waals surface area contributed by atoms with Crippen LogP contribution in [-0.4, -0.2) is 17.3 Å². The molecule has 1 aliphatic rings. The lowest BCUT2D eigenvalue weighted by atomic mass is 10.1. The van der Waals surface area contributed by atoms with Crippen molar-refractivity contribution in [3.8, 4) is 0 Å². The molecule has 0 fully saturated rings. The molecule has 0 aliphatic carbocycles. The normalized spacial score (nSPS) is 23.0. The van der Waals surface area contributed by atoms with E-state index in [1.807, 2.05) is 18.2 Å². The molecule has 0 saturated heterocycles. The van der Waals surface area contributed by atoms with Crippen LogP contribution in [0.3, 0.4) is 0 Å². The summed E-state index contributed by atoms with van der Waals surface area (Å²) in [6.07, 6.45) is 0.446. The number of anilines is 1. The van der Waals surface area contributed by atoms with Crippen molar-refractivity contribution in [2.45, 2.75) is 25.5 Å². The second-order valence-corrected chi connectivity index (χ2v) is 3.55. The summed E-state index contributed by atoms with van der Waals surface area (Å²) in [5.74, 6) is 5.86. The number of hydrazine groups is 1. The van der Waals surface area contributed by atoms with Crippen molar-refractivity contribution in [3.63, 3.8) is 0 Å². The molecular weight excluding hydrogens is 164 g/mol. The number of rotatable bonds is 1. The lowest BCUT2D eigenvalue weighted by Gasteiger charge is -2.23. The smallest absolute Gasteiger partial charge is 0.0750 e. The highest BCUT2D eigenvalue weighted by atomic mass is 16.3. The van der Waals surface area contributed by atoms with Gasteiger partial charge in [-0.3, -0.25) is 0 Å². The largest absolute Gasteiger partial charge is 0.391 e. The van der Waals surface area contributed by atoms with Gasteiger partial charge in [0.25, 0.3) is 0 Å². The van der Waals surface area contributed by atoms with Crippen molar-refractivity contribution in [2.75, 3.05) is 5.01 Å². The van der Waals surface area contributed by atoms with Crippen LogP contribution in [0.4, 0.5) is 5.69 Å². The van der Waals surface area contributed by atoms with Crippen LogP contribution in [0.2, 0.25) is 0 Å². The molecule has 3 heteroatoms. The third-order valence-corrected chi connectivity index (χ3v) is 2.61. The molecule has 0 spiro atoms. The van der Waals surface area contributed by atoms with Crippen LogP contribution in [0, 0.1) is 0 Å². The molecule has 1 aliphatic heterocycles. The topological polar surface area (TPSA) is 49.5 Å². The van der Waals surface area contributed by atoms with Gasteiger partial charge in [0.1, 0.15) is 0 Å². The summed E-state index contributed by atoms with van der Waals surface area (Å²) in [5, 5.41) is 11.1. The molecule has 13 heavy (non-hydrogen) atoms. The lowest BCUT2D eigenvalue weighted by Crippen LogP contribution is -2.44. The maximum absolute atomic E-state index is 9.47. The van der Waals surface area contributed by atoms with E-state index in [4.69, 9.17) is 5.84 Å². The summed E-state index contributed by atoms with van der Waals surface area (Å²) in [5.41, 5.74) is 2.25. The van der Waals surface area contributed by atoms with Gasteiger partial charge in [-0.15, -0.1) is 0 Å².